The topological polar surface area (TPSA) is 76.6 Å². The van der Waals surface area contributed by atoms with Crippen molar-refractivity contribution in [3.63, 3.8) is 0 Å². The second-order valence-corrected chi connectivity index (χ2v) is 8.45. The normalized spacial score (nSPS) is 14.5. The van der Waals surface area contributed by atoms with Gasteiger partial charge in [-0.05, 0) is 70.0 Å². The van der Waals surface area contributed by atoms with Crippen molar-refractivity contribution in [3.05, 3.63) is 129 Å². The Bertz CT molecular complexity index is 1450. The smallest absolute Gasteiger partial charge is 0.269 e. The third kappa shape index (κ3) is 4.09. The van der Waals surface area contributed by atoms with Crippen LogP contribution in [0.15, 0.2) is 112 Å². The van der Waals surface area contributed by atoms with Crippen molar-refractivity contribution in [1.29, 1.82) is 0 Å². The fourth-order valence-electron chi connectivity index (χ4n) is 3.80. The Labute approximate surface area is 203 Å². The summed E-state index contributed by atoms with van der Waals surface area (Å²) < 4.78 is 6.74. The predicted octanol–water partition coefficient (Wildman–Crippen LogP) is 7.09. The minimum absolute atomic E-state index is 0.0138. The number of para-hydroxylation sites is 1. The number of carbonyl (C=O) groups excluding carboxylic acids is 1. The van der Waals surface area contributed by atoms with Crippen LogP contribution in [-0.2, 0) is 4.79 Å². The Morgan fingerprint density at radius 2 is 1.56 bits per heavy atom. The second kappa shape index (κ2) is 8.96. The van der Waals surface area contributed by atoms with Crippen LogP contribution in [0.3, 0.4) is 0 Å². The van der Waals surface area contributed by atoms with Gasteiger partial charge in [0.15, 0.2) is 0 Å². The molecule has 1 aliphatic rings. The molecule has 1 aromatic heterocycles. The molecule has 0 N–H and O–H groups in total. The number of anilines is 1. The molecule has 166 valence electrons. The summed E-state index contributed by atoms with van der Waals surface area (Å²) in [6, 6.07) is 27.0. The van der Waals surface area contributed by atoms with E-state index in [0.717, 1.165) is 21.4 Å². The molecular formula is C27H17BrN2O4. The van der Waals surface area contributed by atoms with E-state index in [0.29, 0.717) is 22.7 Å². The van der Waals surface area contributed by atoms with Crippen molar-refractivity contribution >= 4 is 45.0 Å². The number of amides is 1. The van der Waals surface area contributed by atoms with Gasteiger partial charge < -0.3 is 4.42 Å². The third-order valence-electron chi connectivity index (χ3n) is 5.43. The van der Waals surface area contributed by atoms with Crippen LogP contribution >= 0.6 is 15.9 Å². The van der Waals surface area contributed by atoms with Gasteiger partial charge in [0.25, 0.3) is 11.6 Å². The van der Waals surface area contributed by atoms with E-state index in [1.54, 1.807) is 35.2 Å². The van der Waals surface area contributed by atoms with Gasteiger partial charge in [0.2, 0.25) is 0 Å². The highest BCUT2D eigenvalue weighted by Crippen LogP contribution is 2.38. The maximum absolute atomic E-state index is 13.5. The second-order valence-electron chi connectivity index (χ2n) is 7.59. The van der Waals surface area contributed by atoms with E-state index in [1.807, 2.05) is 60.7 Å². The fraction of sp³-hybridized carbons (Fsp3) is 0. The molecule has 6 nitrogen and oxygen atoms in total. The molecule has 0 saturated carbocycles. The molecule has 2 heterocycles. The van der Waals surface area contributed by atoms with Crippen LogP contribution in [0.5, 0.6) is 0 Å². The average Bonchev–Trinajstić information content (AvgIpc) is 3.45. The lowest BCUT2D eigenvalue weighted by molar-refractivity contribution is -0.384. The summed E-state index contributed by atoms with van der Waals surface area (Å²) in [5.74, 6) is 0.899. The number of carbonyl (C=O) groups is 1. The Morgan fingerprint density at radius 1 is 0.853 bits per heavy atom. The van der Waals surface area contributed by atoms with Gasteiger partial charge in [-0.25, -0.2) is 0 Å². The summed E-state index contributed by atoms with van der Waals surface area (Å²) >= 11 is 3.56. The summed E-state index contributed by atoms with van der Waals surface area (Å²) in [7, 11) is 0. The summed E-state index contributed by atoms with van der Waals surface area (Å²) in [5.41, 5.74) is 3.64. The van der Waals surface area contributed by atoms with Crippen molar-refractivity contribution in [1.82, 2.24) is 0 Å². The zero-order valence-electron chi connectivity index (χ0n) is 17.7. The van der Waals surface area contributed by atoms with Crippen LogP contribution in [0.4, 0.5) is 11.4 Å². The molecular weight excluding hydrogens is 496 g/mol. The Hall–Kier alpha value is -4.23. The number of furan rings is 1. The van der Waals surface area contributed by atoms with Crippen molar-refractivity contribution in [2.24, 2.45) is 0 Å². The first-order valence-corrected chi connectivity index (χ1v) is 11.2. The number of hydrogen-bond donors (Lipinski definition) is 0. The number of non-ortho nitro benzene ring substituents is 1. The highest BCUT2D eigenvalue weighted by molar-refractivity contribution is 9.10. The van der Waals surface area contributed by atoms with Gasteiger partial charge in [-0.2, -0.15) is 0 Å². The molecule has 0 bridgehead atoms. The predicted molar refractivity (Wildman–Crippen MR) is 135 cm³/mol. The maximum atomic E-state index is 13.5. The van der Waals surface area contributed by atoms with E-state index in [-0.39, 0.29) is 11.6 Å². The Morgan fingerprint density at radius 3 is 2.26 bits per heavy atom. The Kier molecular flexibility index (Phi) is 5.69. The molecule has 0 aliphatic carbocycles. The van der Waals surface area contributed by atoms with Crippen LogP contribution in [0.1, 0.15) is 11.3 Å². The SMILES string of the molecule is O=C1/C(=C/c2ccc(-c3ccc([N+](=O)[O-])cc3)o2)C=C(c2ccccc2)N1c1ccccc1Br. The molecule has 1 amide bonds. The van der Waals surface area contributed by atoms with Crippen molar-refractivity contribution in [2.75, 3.05) is 4.90 Å². The maximum Gasteiger partial charge on any atom is 0.269 e. The van der Waals surface area contributed by atoms with Crippen LogP contribution < -0.4 is 4.90 Å². The number of benzene rings is 3. The molecule has 0 unspecified atom stereocenters. The minimum atomic E-state index is -0.443. The van der Waals surface area contributed by atoms with Crippen molar-refractivity contribution in [3.8, 4) is 11.3 Å². The summed E-state index contributed by atoms with van der Waals surface area (Å²) in [6.45, 7) is 0. The molecule has 0 atom stereocenters. The van der Waals surface area contributed by atoms with E-state index >= 15 is 0 Å². The van der Waals surface area contributed by atoms with E-state index in [2.05, 4.69) is 15.9 Å². The average molecular weight is 513 g/mol. The lowest BCUT2D eigenvalue weighted by Crippen LogP contribution is -2.25. The largest absolute Gasteiger partial charge is 0.457 e. The standard InChI is InChI=1S/C27H17BrN2O4/c28-23-8-4-5-9-24(23)29-25(18-6-2-1-3-7-18)17-20(27(29)31)16-22-14-15-26(34-22)19-10-12-21(13-11-19)30(32)33/h1-17H/b20-16+. The molecule has 1 aliphatic heterocycles. The van der Waals surface area contributed by atoms with Gasteiger partial charge in [-0.15, -0.1) is 0 Å². The number of nitro benzene ring substituents is 1. The molecule has 7 heteroatoms. The van der Waals surface area contributed by atoms with E-state index < -0.39 is 4.92 Å². The third-order valence-corrected chi connectivity index (χ3v) is 6.10. The van der Waals surface area contributed by atoms with E-state index in [4.69, 9.17) is 4.42 Å². The Balaban J connectivity index is 1.52. The van der Waals surface area contributed by atoms with E-state index in [1.165, 1.54) is 12.1 Å². The molecule has 3 aromatic carbocycles. The van der Waals surface area contributed by atoms with Gasteiger partial charge in [0.1, 0.15) is 11.5 Å². The summed E-state index contributed by atoms with van der Waals surface area (Å²) in [5, 5.41) is 10.9. The fourth-order valence-corrected chi connectivity index (χ4v) is 4.26. The van der Waals surface area contributed by atoms with Gasteiger partial charge in [-0.3, -0.25) is 19.8 Å². The van der Waals surface area contributed by atoms with Crippen LogP contribution in [0, 0.1) is 10.1 Å². The molecule has 34 heavy (non-hydrogen) atoms. The van der Waals surface area contributed by atoms with Crippen LogP contribution in [0.2, 0.25) is 0 Å². The van der Waals surface area contributed by atoms with Crippen LogP contribution in [-0.4, -0.2) is 10.8 Å². The number of nitro groups is 1. The quantitative estimate of drug-likeness (QED) is 0.162. The first-order valence-electron chi connectivity index (χ1n) is 10.4. The monoisotopic (exact) mass is 512 g/mol. The highest BCUT2D eigenvalue weighted by atomic mass is 79.9. The number of halogens is 1. The first-order chi connectivity index (χ1) is 16.5. The van der Waals surface area contributed by atoms with Crippen molar-refractivity contribution < 1.29 is 14.1 Å². The first kappa shape index (κ1) is 21.6. The summed E-state index contributed by atoms with van der Waals surface area (Å²) in [4.78, 5) is 25.6. The molecule has 0 saturated heterocycles. The lowest BCUT2D eigenvalue weighted by atomic mass is 10.1. The zero-order valence-corrected chi connectivity index (χ0v) is 19.3. The molecule has 5 rings (SSSR count). The number of rotatable bonds is 5. The van der Waals surface area contributed by atoms with Gasteiger partial charge >= 0.3 is 0 Å². The lowest BCUT2D eigenvalue weighted by Gasteiger charge is -2.22. The molecule has 0 radical (unpaired) electrons. The molecule has 0 fully saturated rings. The van der Waals surface area contributed by atoms with Gasteiger partial charge in [0.05, 0.1) is 16.3 Å². The zero-order chi connectivity index (χ0) is 23.7. The molecule has 4 aromatic rings. The van der Waals surface area contributed by atoms with Crippen LogP contribution in [0.25, 0.3) is 23.1 Å². The van der Waals surface area contributed by atoms with E-state index in [9.17, 15) is 14.9 Å². The van der Waals surface area contributed by atoms with Crippen molar-refractivity contribution in [2.45, 2.75) is 0 Å². The van der Waals surface area contributed by atoms with Gasteiger partial charge in [-0.1, -0.05) is 42.5 Å². The summed E-state index contributed by atoms with van der Waals surface area (Å²) in [6.07, 6.45) is 3.56. The molecule has 0 spiro atoms. The van der Waals surface area contributed by atoms with Gasteiger partial charge in [0, 0.05) is 27.7 Å². The minimum Gasteiger partial charge on any atom is -0.457 e. The number of hydrogen-bond acceptors (Lipinski definition) is 4. The number of nitrogens with zero attached hydrogens (tertiary/aromatic N) is 2. The highest BCUT2D eigenvalue weighted by Gasteiger charge is 2.31.